The van der Waals surface area contributed by atoms with Gasteiger partial charge in [-0.25, -0.2) is 9.97 Å². The highest BCUT2D eigenvalue weighted by Crippen LogP contribution is 2.20. The minimum Gasteiger partial charge on any atom is -0.368 e. The molecular weight excluding hydrogens is 278 g/mol. The zero-order valence-corrected chi connectivity index (χ0v) is 13.4. The van der Waals surface area contributed by atoms with Crippen LogP contribution >= 0.6 is 0 Å². The van der Waals surface area contributed by atoms with Gasteiger partial charge in [0.25, 0.3) is 0 Å². The molecule has 6 nitrogen and oxygen atoms in total. The summed E-state index contributed by atoms with van der Waals surface area (Å²) < 4.78 is 5.84. The average molecular weight is 303 g/mol. The Kier molecular flexibility index (Phi) is 4.90. The van der Waals surface area contributed by atoms with Crippen molar-refractivity contribution in [2.24, 2.45) is 0 Å². The molecule has 0 aromatic carbocycles. The Morgan fingerprint density at radius 3 is 3.00 bits per heavy atom. The Hall–Kier alpha value is -1.66. The van der Waals surface area contributed by atoms with Crippen LogP contribution in [0.3, 0.4) is 0 Å². The summed E-state index contributed by atoms with van der Waals surface area (Å²) in [5.41, 5.74) is 2.26. The molecule has 0 amide bonds. The summed E-state index contributed by atoms with van der Waals surface area (Å²) in [6.45, 7) is 7.64. The second-order valence-electron chi connectivity index (χ2n) is 6.00. The number of imidazole rings is 2. The third-order valence-corrected chi connectivity index (χ3v) is 4.02. The van der Waals surface area contributed by atoms with Gasteiger partial charge in [0.2, 0.25) is 0 Å². The molecule has 0 bridgehead atoms. The fraction of sp³-hybridized carbons (Fsp3) is 0.625. The lowest BCUT2D eigenvalue weighted by Crippen LogP contribution is -2.38. The molecule has 0 aliphatic carbocycles. The first-order chi connectivity index (χ1) is 10.7. The number of morpholine rings is 1. The van der Waals surface area contributed by atoms with Crippen LogP contribution in [0.1, 0.15) is 48.9 Å². The van der Waals surface area contributed by atoms with E-state index in [1.807, 2.05) is 19.3 Å². The molecule has 3 rings (SSSR count). The van der Waals surface area contributed by atoms with Crippen LogP contribution in [-0.4, -0.2) is 44.5 Å². The fourth-order valence-corrected chi connectivity index (χ4v) is 2.81. The monoisotopic (exact) mass is 303 g/mol. The minimum absolute atomic E-state index is 0.0323. The van der Waals surface area contributed by atoms with Crippen LogP contribution in [0.2, 0.25) is 0 Å². The summed E-state index contributed by atoms with van der Waals surface area (Å²) in [7, 11) is 0. The summed E-state index contributed by atoms with van der Waals surface area (Å²) in [5.74, 6) is 2.03. The largest absolute Gasteiger partial charge is 0.368 e. The van der Waals surface area contributed by atoms with E-state index in [1.165, 1.54) is 18.5 Å². The molecular formula is C16H25N5O. The predicted molar refractivity (Wildman–Crippen MR) is 84.5 cm³/mol. The zero-order chi connectivity index (χ0) is 15.4. The molecule has 0 spiro atoms. The van der Waals surface area contributed by atoms with Gasteiger partial charge in [-0.2, -0.15) is 0 Å². The highest BCUT2D eigenvalue weighted by Gasteiger charge is 2.24. The van der Waals surface area contributed by atoms with Crippen LogP contribution < -0.4 is 0 Å². The van der Waals surface area contributed by atoms with Crippen LogP contribution in [0.5, 0.6) is 0 Å². The molecule has 6 heteroatoms. The molecule has 120 valence electrons. The normalized spacial score (nSPS) is 19.6. The Morgan fingerprint density at radius 2 is 2.23 bits per heavy atom. The molecule has 3 heterocycles. The van der Waals surface area contributed by atoms with Crippen LogP contribution in [0.15, 0.2) is 12.4 Å². The summed E-state index contributed by atoms with van der Waals surface area (Å²) in [6, 6.07) is 0. The highest BCUT2D eigenvalue weighted by molar-refractivity contribution is 5.04. The third kappa shape index (κ3) is 3.75. The molecule has 0 saturated carbocycles. The van der Waals surface area contributed by atoms with Gasteiger partial charge >= 0.3 is 0 Å². The van der Waals surface area contributed by atoms with Crippen LogP contribution in [-0.2, 0) is 17.7 Å². The first-order valence-corrected chi connectivity index (χ1v) is 8.13. The first kappa shape index (κ1) is 15.2. The number of H-pyrrole nitrogens is 2. The number of aromatic nitrogens is 4. The van der Waals surface area contributed by atoms with E-state index >= 15 is 0 Å². The second-order valence-corrected chi connectivity index (χ2v) is 6.00. The Bertz CT molecular complexity index is 591. The topological polar surface area (TPSA) is 69.8 Å². The standard InChI is InChI=1S/C16H25N5O/c1-3-4-5-15-17-9-13(20-15)10-21-6-7-22-14(11-21)16-18-8-12(2)19-16/h8-9,14H,3-7,10-11H2,1-2H3,(H,17,20)(H,18,19). The molecule has 2 aromatic heterocycles. The number of ether oxygens (including phenoxy) is 1. The fourth-order valence-electron chi connectivity index (χ4n) is 2.81. The van der Waals surface area contributed by atoms with Crippen LogP contribution in [0.4, 0.5) is 0 Å². The number of nitrogens with one attached hydrogen (secondary N) is 2. The quantitative estimate of drug-likeness (QED) is 0.859. The van der Waals surface area contributed by atoms with E-state index in [1.54, 1.807) is 0 Å². The molecule has 1 aliphatic rings. The first-order valence-electron chi connectivity index (χ1n) is 8.13. The molecule has 1 aliphatic heterocycles. The molecule has 1 saturated heterocycles. The van der Waals surface area contributed by atoms with Crippen molar-refractivity contribution in [3.8, 4) is 0 Å². The third-order valence-electron chi connectivity index (χ3n) is 4.02. The van der Waals surface area contributed by atoms with Crippen molar-refractivity contribution in [3.05, 3.63) is 35.4 Å². The average Bonchev–Trinajstić information content (AvgIpc) is 3.15. The number of aryl methyl sites for hydroxylation is 2. The Labute approximate surface area is 131 Å². The zero-order valence-electron chi connectivity index (χ0n) is 13.4. The molecule has 22 heavy (non-hydrogen) atoms. The molecule has 1 unspecified atom stereocenters. The van der Waals surface area contributed by atoms with Crippen molar-refractivity contribution in [1.82, 2.24) is 24.8 Å². The van der Waals surface area contributed by atoms with Gasteiger partial charge in [-0.1, -0.05) is 13.3 Å². The molecule has 1 atom stereocenters. The number of unbranched alkanes of at least 4 members (excludes halogenated alkanes) is 1. The Balaban J connectivity index is 1.57. The van der Waals surface area contributed by atoms with Crippen LogP contribution in [0.25, 0.3) is 0 Å². The van der Waals surface area contributed by atoms with E-state index in [0.29, 0.717) is 0 Å². The smallest absolute Gasteiger partial charge is 0.136 e. The summed E-state index contributed by atoms with van der Waals surface area (Å²) >= 11 is 0. The maximum absolute atomic E-state index is 5.84. The van der Waals surface area contributed by atoms with Crippen LogP contribution in [0, 0.1) is 6.92 Å². The lowest BCUT2D eigenvalue weighted by atomic mass is 10.2. The molecule has 1 fully saturated rings. The van der Waals surface area contributed by atoms with E-state index in [9.17, 15) is 0 Å². The SMILES string of the molecule is CCCCc1ncc(CN2CCOC(c3ncc(C)[nH]3)C2)[nH]1. The number of aromatic amines is 2. The Morgan fingerprint density at radius 1 is 1.32 bits per heavy atom. The summed E-state index contributed by atoms with van der Waals surface area (Å²) in [5, 5.41) is 0. The van der Waals surface area contributed by atoms with Gasteiger partial charge in [-0.05, 0) is 13.3 Å². The molecule has 0 radical (unpaired) electrons. The van der Waals surface area contributed by atoms with Crippen molar-refractivity contribution in [2.75, 3.05) is 19.7 Å². The number of hydrogen-bond acceptors (Lipinski definition) is 4. The van der Waals surface area contributed by atoms with Crippen molar-refractivity contribution in [3.63, 3.8) is 0 Å². The maximum atomic E-state index is 5.84. The van der Waals surface area contributed by atoms with Gasteiger partial charge in [0.05, 0.1) is 6.61 Å². The van der Waals surface area contributed by atoms with Gasteiger partial charge in [-0.15, -0.1) is 0 Å². The van der Waals surface area contributed by atoms with Crippen molar-refractivity contribution in [1.29, 1.82) is 0 Å². The van der Waals surface area contributed by atoms with E-state index in [4.69, 9.17) is 4.74 Å². The van der Waals surface area contributed by atoms with Gasteiger partial charge in [0, 0.05) is 49.8 Å². The minimum atomic E-state index is 0.0323. The molecule has 2 N–H and O–H groups in total. The van der Waals surface area contributed by atoms with Gasteiger partial charge in [0.15, 0.2) is 0 Å². The van der Waals surface area contributed by atoms with Gasteiger partial charge in [0.1, 0.15) is 17.8 Å². The lowest BCUT2D eigenvalue weighted by Gasteiger charge is -2.31. The lowest BCUT2D eigenvalue weighted by molar-refractivity contribution is -0.0372. The number of rotatable bonds is 6. The van der Waals surface area contributed by atoms with Crippen molar-refractivity contribution >= 4 is 0 Å². The van der Waals surface area contributed by atoms with Gasteiger partial charge in [-0.3, -0.25) is 4.90 Å². The highest BCUT2D eigenvalue weighted by atomic mass is 16.5. The van der Waals surface area contributed by atoms with E-state index < -0.39 is 0 Å². The predicted octanol–water partition coefficient (Wildman–Crippen LogP) is 2.36. The van der Waals surface area contributed by atoms with Crippen molar-refractivity contribution < 1.29 is 4.74 Å². The second kappa shape index (κ2) is 7.07. The summed E-state index contributed by atoms with van der Waals surface area (Å²) in [6.07, 6.45) is 7.27. The number of hydrogen-bond donors (Lipinski definition) is 2. The van der Waals surface area contributed by atoms with E-state index in [-0.39, 0.29) is 6.10 Å². The molecule has 2 aromatic rings. The van der Waals surface area contributed by atoms with Crippen molar-refractivity contribution in [2.45, 2.75) is 45.8 Å². The van der Waals surface area contributed by atoms with E-state index in [0.717, 1.165) is 50.0 Å². The summed E-state index contributed by atoms with van der Waals surface area (Å²) in [4.78, 5) is 18.0. The van der Waals surface area contributed by atoms with Gasteiger partial charge < -0.3 is 14.7 Å². The van der Waals surface area contributed by atoms with E-state index in [2.05, 4.69) is 31.8 Å². The maximum Gasteiger partial charge on any atom is 0.136 e. The number of nitrogens with zero attached hydrogens (tertiary/aromatic N) is 3.